The zero-order valence-corrected chi connectivity index (χ0v) is 10.4. The Labute approximate surface area is 108 Å². The molecular weight excluding hydrogens is 248 g/mol. The molecule has 0 bridgehead atoms. The number of hydrogen-bond donors (Lipinski definition) is 1. The number of aromatic nitrogens is 2. The first-order valence-corrected chi connectivity index (χ1v) is 6.74. The van der Waals surface area contributed by atoms with E-state index in [0.717, 1.165) is 5.75 Å². The minimum atomic E-state index is -0.242. The van der Waals surface area contributed by atoms with E-state index in [1.54, 1.807) is 11.8 Å². The summed E-state index contributed by atoms with van der Waals surface area (Å²) in [6.45, 7) is 0.527. The number of nitrogens with one attached hydrogen (secondary N) is 1. The highest BCUT2D eigenvalue weighted by atomic mass is 32.2. The molecule has 1 aromatic carbocycles. The highest BCUT2D eigenvalue weighted by molar-refractivity contribution is 7.99. The van der Waals surface area contributed by atoms with E-state index in [4.69, 9.17) is 0 Å². The van der Waals surface area contributed by atoms with Crippen LogP contribution in [0.2, 0.25) is 0 Å². The highest BCUT2D eigenvalue weighted by Crippen LogP contribution is 2.39. The van der Waals surface area contributed by atoms with Crippen LogP contribution in [0.15, 0.2) is 50.9 Å². The summed E-state index contributed by atoms with van der Waals surface area (Å²) >= 11 is 1.80. The van der Waals surface area contributed by atoms with Crippen LogP contribution in [0.4, 0.5) is 0 Å². The van der Waals surface area contributed by atoms with Crippen molar-refractivity contribution in [2.45, 2.75) is 17.4 Å². The first-order valence-electron chi connectivity index (χ1n) is 5.76. The number of rotatable bonds is 2. The predicted molar refractivity (Wildman–Crippen MR) is 71.2 cm³/mol. The molecule has 1 aliphatic rings. The molecule has 1 aliphatic heterocycles. The summed E-state index contributed by atoms with van der Waals surface area (Å²) in [5, 5.41) is 2.57. The van der Waals surface area contributed by atoms with Gasteiger partial charge in [-0.1, -0.05) is 18.2 Å². The maximum Gasteiger partial charge on any atom is 0.265 e. The van der Waals surface area contributed by atoms with Crippen LogP contribution in [0.5, 0.6) is 0 Å². The second-order valence-electron chi connectivity index (χ2n) is 4.30. The number of thioether (sulfide) groups is 1. The van der Waals surface area contributed by atoms with Gasteiger partial charge in [0.2, 0.25) is 0 Å². The predicted octanol–water partition coefficient (Wildman–Crippen LogP) is 1.43. The molecule has 0 saturated carbocycles. The number of nitrogens with zero attached hydrogens (tertiary/aromatic N) is 1. The lowest BCUT2D eigenvalue weighted by molar-refractivity contribution is 0.516. The van der Waals surface area contributed by atoms with Gasteiger partial charge in [0.1, 0.15) is 0 Å². The molecule has 0 aliphatic carbocycles. The van der Waals surface area contributed by atoms with Crippen molar-refractivity contribution in [3.8, 4) is 0 Å². The molecule has 0 fully saturated rings. The largest absolute Gasteiger partial charge is 0.268 e. The first kappa shape index (κ1) is 11.3. The monoisotopic (exact) mass is 260 g/mol. The molecule has 4 nitrogen and oxygen atoms in total. The molecule has 1 aromatic heterocycles. The van der Waals surface area contributed by atoms with Crippen LogP contribution in [0.25, 0.3) is 0 Å². The topological polar surface area (TPSA) is 54.9 Å². The standard InChI is InChI=1S/C13H12N2O2S/c16-12-5-6-13(17)15(14-12)7-9-8-18-11-4-2-1-3-10(9)11/h1-6,9H,7-8H2,(H,14,16). The van der Waals surface area contributed by atoms with Crippen LogP contribution in [0.3, 0.4) is 0 Å². The van der Waals surface area contributed by atoms with Gasteiger partial charge in [-0.05, 0) is 11.6 Å². The normalized spacial score (nSPS) is 17.7. The highest BCUT2D eigenvalue weighted by Gasteiger charge is 2.23. The maximum absolute atomic E-state index is 11.7. The van der Waals surface area contributed by atoms with Crippen LogP contribution in [-0.2, 0) is 6.54 Å². The Kier molecular flexibility index (Phi) is 2.83. The molecule has 0 spiro atoms. The number of benzene rings is 1. The third kappa shape index (κ3) is 2.01. The zero-order valence-electron chi connectivity index (χ0n) is 9.63. The number of fused-ring (bicyclic) bond motifs is 1. The van der Waals surface area contributed by atoms with E-state index in [-0.39, 0.29) is 17.0 Å². The fraction of sp³-hybridized carbons (Fsp3) is 0.231. The lowest BCUT2D eigenvalue weighted by Gasteiger charge is -2.12. The van der Waals surface area contributed by atoms with Crippen molar-refractivity contribution in [1.29, 1.82) is 0 Å². The maximum atomic E-state index is 11.7. The Balaban J connectivity index is 1.93. The van der Waals surface area contributed by atoms with Gasteiger partial charge in [0.15, 0.2) is 0 Å². The van der Waals surface area contributed by atoms with Crippen molar-refractivity contribution in [3.05, 3.63) is 62.7 Å². The van der Waals surface area contributed by atoms with Gasteiger partial charge in [-0.25, -0.2) is 4.68 Å². The van der Waals surface area contributed by atoms with Crippen molar-refractivity contribution >= 4 is 11.8 Å². The van der Waals surface area contributed by atoms with Gasteiger partial charge >= 0.3 is 0 Å². The summed E-state index contributed by atoms with van der Waals surface area (Å²) in [7, 11) is 0. The van der Waals surface area contributed by atoms with E-state index >= 15 is 0 Å². The van der Waals surface area contributed by atoms with Gasteiger partial charge in [0.05, 0.1) is 6.54 Å². The fourth-order valence-electron chi connectivity index (χ4n) is 2.20. The Morgan fingerprint density at radius 2 is 2.06 bits per heavy atom. The molecule has 3 rings (SSSR count). The minimum absolute atomic E-state index is 0.163. The molecule has 92 valence electrons. The molecule has 0 radical (unpaired) electrons. The van der Waals surface area contributed by atoms with Crippen molar-refractivity contribution in [2.75, 3.05) is 5.75 Å². The zero-order chi connectivity index (χ0) is 12.5. The average Bonchev–Trinajstić information content (AvgIpc) is 2.78. The van der Waals surface area contributed by atoms with Crippen molar-refractivity contribution in [2.24, 2.45) is 0 Å². The fourth-order valence-corrected chi connectivity index (χ4v) is 3.44. The summed E-state index contributed by atoms with van der Waals surface area (Å²) in [4.78, 5) is 24.2. The molecule has 18 heavy (non-hydrogen) atoms. The van der Waals surface area contributed by atoms with Gasteiger partial charge in [0.25, 0.3) is 11.1 Å². The van der Waals surface area contributed by atoms with E-state index in [9.17, 15) is 9.59 Å². The average molecular weight is 260 g/mol. The number of H-pyrrole nitrogens is 1. The van der Waals surface area contributed by atoms with E-state index in [1.165, 1.54) is 27.3 Å². The van der Waals surface area contributed by atoms with E-state index in [2.05, 4.69) is 17.2 Å². The van der Waals surface area contributed by atoms with Gasteiger partial charge in [-0.15, -0.1) is 11.8 Å². The van der Waals surface area contributed by atoms with Gasteiger partial charge in [-0.2, -0.15) is 0 Å². The SMILES string of the molecule is O=c1ccc(=O)n(CC2CSc3ccccc32)[nH]1. The minimum Gasteiger partial charge on any atom is -0.268 e. The quantitative estimate of drug-likeness (QED) is 0.888. The summed E-state index contributed by atoms with van der Waals surface area (Å²) in [6, 6.07) is 10.8. The van der Waals surface area contributed by atoms with Gasteiger partial charge < -0.3 is 0 Å². The smallest absolute Gasteiger partial charge is 0.265 e. The lowest BCUT2D eigenvalue weighted by atomic mass is 10.0. The third-order valence-corrected chi connectivity index (χ3v) is 4.34. The Morgan fingerprint density at radius 3 is 2.94 bits per heavy atom. The molecule has 0 amide bonds. The van der Waals surface area contributed by atoms with Crippen molar-refractivity contribution in [1.82, 2.24) is 9.78 Å². The molecular formula is C13H12N2O2S. The molecule has 1 atom stereocenters. The second kappa shape index (κ2) is 4.49. The number of aromatic amines is 1. The Morgan fingerprint density at radius 1 is 1.22 bits per heavy atom. The van der Waals surface area contributed by atoms with Crippen LogP contribution < -0.4 is 11.1 Å². The Hall–Kier alpha value is -1.75. The summed E-state index contributed by atoms with van der Waals surface area (Å²) < 4.78 is 1.40. The number of hydrogen-bond acceptors (Lipinski definition) is 3. The third-order valence-electron chi connectivity index (χ3n) is 3.09. The van der Waals surface area contributed by atoms with Gasteiger partial charge in [0, 0.05) is 28.7 Å². The van der Waals surface area contributed by atoms with E-state index < -0.39 is 0 Å². The van der Waals surface area contributed by atoms with Crippen molar-refractivity contribution < 1.29 is 0 Å². The van der Waals surface area contributed by atoms with Crippen LogP contribution in [-0.4, -0.2) is 15.5 Å². The molecule has 0 saturated heterocycles. The van der Waals surface area contributed by atoms with E-state index in [1.807, 2.05) is 12.1 Å². The molecule has 1 N–H and O–H groups in total. The molecule has 5 heteroatoms. The second-order valence-corrected chi connectivity index (χ2v) is 5.37. The van der Waals surface area contributed by atoms with Crippen LogP contribution in [0.1, 0.15) is 11.5 Å². The van der Waals surface area contributed by atoms with Gasteiger partial charge in [-0.3, -0.25) is 14.7 Å². The first-order chi connectivity index (χ1) is 8.74. The van der Waals surface area contributed by atoms with E-state index in [0.29, 0.717) is 6.54 Å². The van der Waals surface area contributed by atoms with Crippen LogP contribution >= 0.6 is 11.8 Å². The summed E-state index contributed by atoms with van der Waals surface area (Å²) in [6.07, 6.45) is 0. The summed E-state index contributed by atoms with van der Waals surface area (Å²) in [5.74, 6) is 1.23. The molecule has 1 unspecified atom stereocenters. The van der Waals surface area contributed by atoms with Crippen LogP contribution in [0, 0.1) is 0 Å². The lowest BCUT2D eigenvalue weighted by Crippen LogP contribution is -2.30. The summed E-state index contributed by atoms with van der Waals surface area (Å²) in [5.41, 5.74) is 0.858. The molecule has 2 aromatic rings. The Bertz CT molecular complexity index is 690. The molecule has 2 heterocycles. The van der Waals surface area contributed by atoms with Crippen molar-refractivity contribution in [3.63, 3.8) is 0 Å².